The van der Waals surface area contributed by atoms with Crippen LogP contribution in [0.25, 0.3) is 0 Å². The molecule has 1 aliphatic heterocycles. The fraction of sp³-hybridized carbons (Fsp3) is 0.900. The van der Waals surface area contributed by atoms with Crippen LogP contribution in [0.1, 0.15) is 33.1 Å². The normalized spacial score (nSPS) is 22.8. The lowest BCUT2D eigenvalue weighted by Crippen LogP contribution is -2.39. The lowest BCUT2D eigenvalue weighted by molar-refractivity contribution is -0.137. The van der Waals surface area contributed by atoms with E-state index in [0.29, 0.717) is 13.0 Å². The van der Waals surface area contributed by atoms with Crippen molar-refractivity contribution in [1.29, 1.82) is 0 Å². The molecule has 1 N–H and O–H groups in total. The Morgan fingerprint density at radius 2 is 2.12 bits per heavy atom. The molecule has 0 amide bonds. The number of hydrogen-bond acceptors (Lipinski definition) is 3. The van der Waals surface area contributed by atoms with Crippen molar-refractivity contribution in [2.75, 3.05) is 12.3 Å². The van der Waals surface area contributed by atoms with Gasteiger partial charge in [-0.15, -0.1) is 0 Å². The number of rotatable bonds is 5. The zero-order chi connectivity index (χ0) is 12.3. The summed E-state index contributed by atoms with van der Waals surface area (Å²) in [5, 5.41) is 8.72. The van der Waals surface area contributed by atoms with Crippen LogP contribution in [0, 0.1) is 5.92 Å². The molecule has 0 aliphatic carbocycles. The highest BCUT2D eigenvalue weighted by Gasteiger charge is 2.35. The number of hydrogen-bond donors (Lipinski definition) is 1. The van der Waals surface area contributed by atoms with E-state index >= 15 is 0 Å². The molecule has 0 aromatic rings. The molecule has 1 heterocycles. The zero-order valence-electron chi connectivity index (χ0n) is 9.72. The van der Waals surface area contributed by atoms with Gasteiger partial charge in [-0.05, 0) is 18.8 Å². The van der Waals surface area contributed by atoms with Crippen LogP contribution in [0.15, 0.2) is 0 Å². The predicted molar refractivity (Wildman–Crippen MR) is 60.6 cm³/mol. The van der Waals surface area contributed by atoms with Crippen molar-refractivity contribution in [2.45, 2.75) is 39.2 Å². The second-order valence-electron chi connectivity index (χ2n) is 4.68. The predicted octanol–water partition coefficient (Wildman–Crippen LogP) is 0.911. The summed E-state index contributed by atoms with van der Waals surface area (Å²) >= 11 is 0. The van der Waals surface area contributed by atoms with Gasteiger partial charge in [-0.2, -0.15) is 4.31 Å². The standard InChI is InChI=1S/C10H19NO4S/c1-8(2)7-16(14,15)11-5-3-4-9(11)6-10(12)13/h8-9H,3-7H2,1-2H3,(H,12,13). The largest absolute Gasteiger partial charge is 0.481 e. The van der Waals surface area contributed by atoms with E-state index in [9.17, 15) is 13.2 Å². The van der Waals surface area contributed by atoms with Crippen LogP contribution < -0.4 is 0 Å². The van der Waals surface area contributed by atoms with Crippen molar-refractivity contribution in [2.24, 2.45) is 5.92 Å². The fourth-order valence-corrected chi connectivity index (χ4v) is 4.17. The van der Waals surface area contributed by atoms with Crippen LogP contribution in [0.3, 0.4) is 0 Å². The monoisotopic (exact) mass is 249 g/mol. The molecule has 5 nitrogen and oxygen atoms in total. The van der Waals surface area contributed by atoms with Crippen LogP contribution in [-0.2, 0) is 14.8 Å². The van der Waals surface area contributed by atoms with E-state index in [-0.39, 0.29) is 24.1 Å². The molecule has 1 saturated heterocycles. The fourth-order valence-electron chi connectivity index (χ4n) is 2.10. The Hall–Kier alpha value is -0.620. The first-order valence-corrected chi connectivity index (χ1v) is 7.15. The first-order chi connectivity index (χ1) is 7.33. The zero-order valence-corrected chi connectivity index (χ0v) is 10.5. The van der Waals surface area contributed by atoms with E-state index in [1.54, 1.807) is 0 Å². The third-order valence-corrected chi connectivity index (χ3v) is 4.92. The third kappa shape index (κ3) is 3.45. The first kappa shape index (κ1) is 13.4. The molecule has 0 spiro atoms. The molecule has 1 rings (SSSR count). The molecule has 1 unspecified atom stereocenters. The van der Waals surface area contributed by atoms with E-state index in [1.165, 1.54) is 4.31 Å². The van der Waals surface area contributed by atoms with E-state index in [4.69, 9.17) is 5.11 Å². The van der Waals surface area contributed by atoms with Gasteiger partial charge in [0.15, 0.2) is 0 Å². The molecule has 1 aliphatic rings. The van der Waals surface area contributed by atoms with Crippen molar-refractivity contribution >= 4 is 16.0 Å². The topological polar surface area (TPSA) is 74.7 Å². The Labute approximate surface area is 96.5 Å². The number of sulfonamides is 1. The first-order valence-electron chi connectivity index (χ1n) is 5.54. The number of nitrogens with zero attached hydrogens (tertiary/aromatic N) is 1. The summed E-state index contributed by atoms with van der Waals surface area (Å²) in [5.74, 6) is -0.768. The van der Waals surface area contributed by atoms with Crippen LogP contribution in [-0.4, -0.2) is 42.1 Å². The molecule has 6 heteroatoms. The van der Waals surface area contributed by atoms with Crippen LogP contribution in [0.4, 0.5) is 0 Å². The summed E-state index contributed by atoms with van der Waals surface area (Å²) < 4.78 is 25.3. The van der Waals surface area contributed by atoms with Crippen molar-refractivity contribution in [3.8, 4) is 0 Å². The van der Waals surface area contributed by atoms with E-state index < -0.39 is 16.0 Å². The minimum atomic E-state index is -3.28. The molecule has 0 aromatic carbocycles. The summed E-state index contributed by atoms with van der Waals surface area (Å²) in [4.78, 5) is 10.6. The maximum atomic E-state index is 12.0. The van der Waals surface area contributed by atoms with Gasteiger partial charge in [0.25, 0.3) is 0 Å². The molecular weight excluding hydrogens is 230 g/mol. The molecule has 0 radical (unpaired) electrons. The van der Waals surface area contributed by atoms with Crippen molar-refractivity contribution in [3.05, 3.63) is 0 Å². The quantitative estimate of drug-likeness (QED) is 0.786. The van der Waals surface area contributed by atoms with Gasteiger partial charge in [0.1, 0.15) is 0 Å². The summed E-state index contributed by atoms with van der Waals surface area (Å²) in [7, 11) is -3.28. The average Bonchev–Trinajstić information content (AvgIpc) is 2.48. The van der Waals surface area contributed by atoms with E-state index in [2.05, 4.69) is 0 Å². The SMILES string of the molecule is CC(C)CS(=O)(=O)N1CCCC1CC(=O)O. The molecule has 16 heavy (non-hydrogen) atoms. The Kier molecular flexibility index (Phi) is 4.32. The maximum absolute atomic E-state index is 12.0. The number of carboxylic acids is 1. The highest BCUT2D eigenvalue weighted by molar-refractivity contribution is 7.89. The smallest absolute Gasteiger partial charge is 0.304 e. The molecule has 0 bridgehead atoms. The van der Waals surface area contributed by atoms with Gasteiger partial charge < -0.3 is 5.11 Å². The van der Waals surface area contributed by atoms with Crippen LogP contribution in [0.5, 0.6) is 0 Å². The van der Waals surface area contributed by atoms with Crippen molar-refractivity contribution < 1.29 is 18.3 Å². The Morgan fingerprint density at radius 1 is 1.50 bits per heavy atom. The second-order valence-corrected chi connectivity index (χ2v) is 6.64. The lowest BCUT2D eigenvalue weighted by atomic mass is 10.2. The molecule has 1 atom stereocenters. The van der Waals surface area contributed by atoms with Gasteiger partial charge in [-0.1, -0.05) is 13.8 Å². The summed E-state index contributed by atoms with van der Waals surface area (Å²) in [6.07, 6.45) is 1.33. The van der Waals surface area contributed by atoms with E-state index in [1.807, 2.05) is 13.8 Å². The summed E-state index contributed by atoms with van der Waals surface area (Å²) in [6, 6.07) is -0.346. The lowest BCUT2D eigenvalue weighted by Gasteiger charge is -2.23. The molecular formula is C10H19NO4S. The van der Waals surface area contributed by atoms with E-state index in [0.717, 1.165) is 6.42 Å². The maximum Gasteiger partial charge on any atom is 0.304 e. The van der Waals surface area contributed by atoms with Crippen molar-refractivity contribution in [1.82, 2.24) is 4.31 Å². The van der Waals surface area contributed by atoms with Gasteiger partial charge in [0.2, 0.25) is 10.0 Å². The summed E-state index contributed by atoms with van der Waals surface area (Å²) in [5.41, 5.74) is 0. The van der Waals surface area contributed by atoms with Gasteiger partial charge in [0.05, 0.1) is 12.2 Å². The molecule has 1 fully saturated rings. The van der Waals surface area contributed by atoms with Gasteiger partial charge in [-0.25, -0.2) is 8.42 Å². The average molecular weight is 249 g/mol. The van der Waals surface area contributed by atoms with Crippen LogP contribution >= 0.6 is 0 Å². The molecule has 0 aromatic heterocycles. The van der Waals surface area contributed by atoms with Gasteiger partial charge >= 0.3 is 5.97 Å². The molecule has 0 saturated carbocycles. The number of aliphatic carboxylic acids is 1. The minimum Gasteiger partial charge on any atom is -0.481 e. The number of carboxylic acid groups (broad SMARTS) is 1. The highest BCUT2D eigenvalue weighted by atomic mass is 32.2. The summed E-state index contributed by atoms with van der Waals surface area (Å²) in [6.45, 7) is 4.16. The second kappa shape index (κ2) is 5.14. The third-order valence-electron chi connectivity index (χ3n) is 2.63. The van der Waals surface area contributed by atoms with Gasteiger partial charge in [0, 0.05) is 12.6 Å². The minimum absolute atomic E-state index is 0.0658. The Balaban J connectivity index is 2.74. The van der Waals surface area contributed by atoms with Gasteiger partial charge in [-0.3, -0.25) is 4.79 Å². The molecule has 94 valence electrons. The highest BCUT2D eigenvalue weighted by Crippen LogP contribution is 2.24. The van der Waals surface area contributed by atoms with Crippen molar-refractivity contribution in [3.63, 3.8) is 0 Å². The Morgan fingerprint density at radius 3 is 2.62 bits per heavy atom. The van der Waals surface area contributed by atoms with Crippen LogP contribution in [0.2, 0.25) is 0 Å². The number of carbonyl (C=O) groups is 1. The Bertz CT molecular complexity index is 350.